The SMILES string of the molecule is C1=CC=CN(CC2OCC(c3ccccc3)c3ccsc32)C=C1. The number of benzene rings is 1. The van der Waals surface area contributed by atoms with Gasteiger partial charge in [0.15, 0.2) is 0 Å². The van der Waals surface area contributed by atoms with Gasteiger partial charge in [0, 0.05) is 23.2 Å². The molecule has 2 aliphatic rings. The predicted molar refractivity (Wildman–Crippen MR) is 95.4 cm³/mol. The number of allylic oxidation sites excluding steroid dienone is 4. The van der Waals surface area contributed by atoms with Crippen molar-refractivity contribution in [1.29, 1.82) is 0 Å². The molecular formula is C20H19NOS. The zero-order valence-corrected chi connectivity index (χ0v) is 13.7. The monoisotopic (exact) mass is 321 g/mol. The van der Waals surface area contributed by atoms with Crippen LogP contribution in [0.5, 0.6) is 0 Å². The molecule has 3 heteroatoms. The second-order valence-corrected chi connectivity index (χ2v) is 6.74. The van der Waals surface area contributed by atoms with E-state index in [2.05, 4.69) is 71.2 Å². The van der Waals surface area contributed by atoms with E-state index < -0.39 is 0 Å². The molecule has 0 amide bonds. The van der Waals surface area contributed by atoms with Crippen LogP contribution in [0.2, 0.25) is 0 Å². The van der Waals surface area contributed by atoms with Crippen molar-refractivity contribution >= 4 is 11.3 Å². The number of hydrogen-bond donors (Lipinski definition) is 0. The first-order valence-corrected chi connectivity index (χ1v) is 8.81. The summed E-state index contributed by atoms with van der Waals surface area (Å²) < 4.78 is 6.25. The Morgan fingerprint density at radius 3 is 2.57 bits per heavy atom. The summed E-state index contributed by atoms with van der Waals surface area (Å²) in [4.78, 5) is 3.56. The van der Waals surface area contributed by atoms with Gasteiger partial charge >= 0.3 is 0 Å². The Kier molecular flexibility index (Phi) is 4.14. The van der Waals surface area contributed by atoms with Crippen LogP contribution in [-0.4, -0.2) is 18.1 Å². The number of hydrogen-bond acceptors (Lipinski definition) is 3. The predicted octanol–water partition coefficient (Wildman–Crippen LogP) is 4.85. The summed E-state index contributed by atoms with van der Waals surface area (Å²) in [6.07, 6.45) is 12.5. The highest BCUT2D eigenvalue weighted by molar-refractivity contribution is 7.10. The van der Waals surface area contributed by atoms with E-state index in [4.69, 9.17) is 4.74 Å². The number of ether oxygens (including phenoxy) is 1. The fourth-order valence-corrected chi connectivity index (χ4v) is 4.17. The van der Waals surface area contributed by atoms with Crippen LogP contribution < -0.4 is 0 Å². The number of fused-ring (bicyclic) bond motifs is 1. The van der Waals surface area contributed by atoms with Gasteiger partial charge in [-0.1, -0.05) is 42.5 Å². The van der Waals surface area contributed by atoms with E-state index in [9.17, 15) is 0 Å². The Morgan fingerprint density at radius 1 is 1.00 bits per heavy atom. The molecule has 0 saturated heterocycles. The zero-order chi connectivity index (χ0) is 15.5. The lowest BCUT2D eigenvalue weighted by Crippen LogP contribution is -2.27. The van der Waals surface area contributed by atoms with Crippen LogP contribution in [0.4, 0.5) is 0 Å². The van der Waals surface area contributed by atoms with Gasteiger partial charge in [-0.25, -0.2) is 0 Å². The molecule has 0 saturated carbocycles. The summed E-state index contributed by atoms with van der Waals surface area (Å²) in [6.45, 7) is 1.60. The van der Waals surface area contributed by atoms with Crippen molar-refractivity contribution in [2.45, 2.75) is 12.0 Å². The van der Waals surface area contributed by atoms with Crippen LogP contribution in [0.25, 0.3) is 0 Å². The summed E-state index contributed by atoms with van der Waals surface area (Å²) in [5.74, 6) is 0.352. The van der Waals surface area contributed by atoms with Gasteiger partial charge in [-0.2, -0.15) is 0 Å². The zero-order valence-electron chi connectivity index (χ0n) is 12.8. The second kappa shape index (κ2) is 6.57. The van der Waals surface area contributed by atoms with Crippen molar-refractivity contribution < 1.29 is 4.74 Å². The molecule has 2 aromatic rings. The van der Waals surface area contributed by atoms with Crippen LogP contribution in [0.3, 0.4) is 0 Å². The van der Waals surface area contributed by atoms with Gasteiger partial charge < -0.3 is 9.64 Å². The minimum absolute atomic E-state index is 0.136. The molecule has 2 aliphatic heterocycles. The van der Waals surface area contributed by atoms with Crippen LogP contribution >= 0.6 is 11.3 Å². The van der Waals surface area contributed by atoms with E-state index in [1.807, 2.05) is 23.5 Å². The highest BCUT2D eigenvalue weighted by Gasteiger charge is 2.30. The van der Waals surface area contributed by atoms with Gasteiger partial charge in [-0.15, -0.1) is 11.3 Å². The normalized spacial score (nSPS) is 22.9. The van der Waals surface area contributed by atoms with Crippen molar-refractivity contribution in [2.24, 2.45) is 0 Å². The van der Waals surface area contributed by atoms with Crippen LogP contribution in [0.15, 0.2) is 78.5 Å². The van der Waals surface area contributed by atoms with Gasteiger partial charge in [0.2, 0.25) is 0 Å². The molecule has 2 unspecified atom stereocenters. The maximum absolute atomic E-state index is 6.25. The third kappa shape index (κ3) is 3.03. The summed E-state index contributed by atoms with van der Waals surface area (Å²) in [5.41, 5.74) is 2.77. The Labute approximate surface area is 141 Å². The second-order valence-electron chi connectivity index (χ2n) is 5.79. The topological polar surface area (TPSA) is 12.5 Å². The molecule has 4 rings (SSSR count). The van der Waals surface area contributed by atoms with E-state index in [1.54, 1.807) is 0 Å². The van der Waals surface area contributed by atoms with Gasteiger partial charge in [0.05, 0.1) is 13.2 Å². The molecule has 0 radical (unpaired) electrons. The standard InChI is InChI=1S/C20H19NOS/c1-2-7-12-21(11-6-1)14-19-20-17(10-13-23-20)18(15-22-19)16-8-4-3-5-9-16/h1-13,18-19H,14-15H2. The van der Waals surface area contributed by atoms with Gasteiger partial charge in [0.25, 0.3) is 0 Å². The molecule has 23 heavy (non-hydrogen) atoms. The van der Waals surface area contributed by atoms with Crippen LogP contribution in [-0.2, 0) is 4.74 Å². The largest absolute Gasteiger partial charge is 0.370 e. The lowest BCUT2D eigenvalue weighted by Gasteiger charge is -2.32. The molecule has 0 aliphatic carbocycles. The molecule has 1 aromatic heterocycles. The van der Waals surface area contributed by atoms with Crippen molar-refractivity contribution in [2.75, 3.05) is 13.2 Å². The van der Waals surface area contributed by atoms with Crippen LogP contribution in [0.1, 0.15) is 28.0 Å². The summed E-state index contributed by atoms with van der Waals surface area (Å²) in [6, 6.07) is 12.9. The van der Waals surface area contributed by atoms with E-state index >= 15 is 0 Å². The maximum atomic E-state index is 6.25. The lowest BCUT2D eigenvalue weighted by atomic mass is 9.89. The Hall–Kier alpha value is -2.10. The van der Waals surface area contributed by atoms with Crippen molar-refractivity contribution in [1.82, 2.24) is 4.90 Å². The van der Waals surface area contributed by atoms with Crippen molar-refractivity contribution in [3.63, 3.8) is 0 Å². The first-order valence-electron chi connectivity index (χ1n) is 7.93. The molecule has 1 aromatic carbocycles. The van der Waals surface area contributed by atoms with E-state index in [-0.39, 0.29) is 6.10 Å². The molecule has 116 valence electrons. The fraction of sp³-hybridized carbons (Fsp3) is 0.200. The first kappa shape index (κ1) is 14.5. The van der Waals surface area contributed by atoms with E-state index in [1.165, 1.54) is 16.0 Å². The van der Waals surface area contributed by atoms with Gasteiger partial charge in [0.1, 0.15) is 6.10 Å². The molecule has 3 heterocycles. The molecule has 0 spiro atoms. The average molecular weight is 321 g/mol. The lowest BCUT2D eigenvalue weighted by molar-refractivity contribution is 0.0262. The number of thiophene rings is 1. The Balaban J connectivity index is 1.58. The van der Waals surface area contributed by atoms with Gasteiger partial charge in [-0.3, -0.25) is 0 Å². The fourth-order valence-electron chi connectivity index (χ4n) is 3.17. The highest BCUT2D eigenvalue weighted by Crippen LogP contribution is 2.41. The Morgan fingerprint density at radius 2 is 1.78 bits per heavy atom. The molecule has 2 nitrogen and oxygen atoms in total. The molecule has 2 atom stereocenters. The molecule has 0 fully saturated rings. The summed E-state index contributed by atoms with van der Waals surface area (Å²) >= 11 is 1.81. The summed E-state index contributed by atoms with van der Waals surface area (Å²) in [7, 11) is 0. The maximum Gasteiger partial charge on any atom is 0.110 e. The molecular weight excluding hydrogens is 302 g/mol. The Bertz CT molecular complexity index is 728. The van der Waals surface area contributed by atoms with Crippen LogP contribution in [0, 0.1) is 0 Å². The third-order valence-corrected chi connectivity index (χ3v) is 5.35. The number of nitrogens with zero attached hydrogens (tertiary/aromatic N) is 1. The molecule has 0 bridgehead atoms. The smallest absolute Gasteiger partial charge is 0.110 e. The summed E-state index contributed by atoms with van der Waals surface area (Å²) in [5, 5.41) is 2.19. The van der Waals surface area contributed by atoms with E-state index in [0.29, 0.717) is 5.92 Å². The van der Waals surface area contributed by atoms with Gasteiger partial charge in [-0.05, 0) is 34.7 Å². The number of rotatable bonds is 3. The van der Waals surface area contributed by atoms with Crippen molar-refractivity contribution in [3.8, 4) is 0 Å². The van der Waals surface area contributed by atoms with Crippen molar-refractivity contribution in [3.05, 3.63) is 94.5 Å². The first-order chi connectivity index (χ1) is 11.4. The molecule has 0 N–H and O–H groups in total. The minimum Gasteiger partial charge on any atom is -0.370 e. The average Bonchev–Trinajstić information content (AvgIpc) is 2.95. The van der Waals surface area contributed by atoms with E-state index in [0.717, 1.165) is 13.2 Å². The highest BCUT2D eigenvalue weighted by atomic mass is 32.1. The quantitative estimate of drug-likeness (QED) is 0.801. The third-order valence-electron chi connectivity index (χ3n) is 4.33. The minimum atomic E-state index is 0.136.